The van der Waals surface area contributed by atoms with Gasteiger partial charge in [-0.05, 0) is 42.7 Å². The molecule has 1 heterocycles. The van der Waals surface area contributed by atoms with Crippen molar-refractivity contribution in [2.45, 2.75) is 20.3 Å². The Morgan fingerprint density at radius 3 is 2.72 bits per heavy atom. The molecule has 0 aliphatic heterocycles. The molecule has 0 bridgehead atoms. The normalized spacial score (nSPS) is 11.8. The Morgan fingerprint density at radius 1 is 1.20 bits per heavy atom. The van der Waals surface area contributed by atoms with Crippen LogP contribution in [-0.2, 0) is 0 Å². The maximum absolute atomic E-state index is 12.5. The van der Waals surface area contributed by atoms with Crippen LogP contribution in [0, 0.1) is 6.92 Å². The summed E-state index contributed by atoms with van der Waals surface area (Å²) in [5, 5.41) is 6.25. The first kappa shape index (κ1) is 17.9. The molecule has 6 heteroatoms. The third-order valence-corrected chi connectivity index (χ3v) is 5.67. The van der Waals surface area contributed by atoms with E-state index in [1.54, 1.807) is 6.07 Å². The van der Waals surface area contributed by atoms with Crippen LogP contribution in [0.15, 0.2) is 47.6 Å². The van der Waals surface area contributed by atoms with E-state index in [4.69, 9.17) is 23.2 Å². The lowest BCUT2D eigenvalue weighted by molar-refractivity contribution is 0.0959. The molecule has 3 aromatic rings. The van der Waals surface area contributed by atoms with E-state index in [0.717, 1.165) is 26.9 Å². The molecule has 3 rings (SSSR count). The largest absolute Gasteiger partial charge is 0.283 e. The average Bonchev–Trinajstić information content (AvgIpc) is 2.91. The van der Waals surface area contributed by atoms with Gasteiger partial charge >= 0.3 is 0 Å². The lowest BCUT2D eigenvalue weighted by Gasteiger charge is -2.05. The minimum Gasteiger partial charge on any atom is -0.266 e. The molecule has 0 radical (unpaired) electrons. The third kappa shape index (κ3) is 3.87. The zero-order chi connectivity index (χ0) is 18.0. The minimum absolute atomic E-state index is 0.308. The van der Waals surface area contributed by atoms with Crippen LogP contribution in [0.5, 0.6) is 0 Å². The fourth-order valence-electron chi connectivity index (χ4n) is 2.50. The Hall–Kier alpha value is -1.88. The number of thiophene rings is 1. The Balaban J connectivity index is 1.87. The van der Waals surface area contributed by atoms with Crippen molar-refractivity contribution in [2.24, 2.45) is 5.10 Å². The zero-order valence-corrected chi connectivity index (χ0v) is 16.1. The summed E-state index contributed by atoms with van der Waals surface area (Å²) in [6.45, 7) is 3.98. The van der Waals surface area contributed by atoms with Crippen LogP contribution in [0.25, 0.3) is 10.1 Å². The van der Waals surface area contributed by atoms with E-state index >= 15 is 0 Å². The summed E-state index contributed by atoms with van der Waals surface area (Å²) >= 11 is 13.8. The molecule has 0 aliphatic carbocycles. The molecule has 1 amide bonds. The smallest absolute Gasteiger partial charge is 0.266 e. The van der Waals surface area contributed by atoms with Crippen LogP contribution >= 0.6 is 34.5 Å². The highest BCUT2D eigenvalue weighted by molar-refractivity contribution is 7.21. The molecule has 0 spiro atoms. The number of rotatable bonds is 4. The fraction of sp³-hybridized carbons (Fsp3) is 0.158. The Bertz CT molecular complexity index is 979. The van der Waals surface area contributed by atoms with Crippen LogP contribution in [0.4, 0.5) is 0 Å². The maximum atomic E-state index is 12.5. The van der Waals surface area contributed by atoms with Crippen LogP contribution in [0.2, 0.25) is 10.0 Å². The molecule has 0 aliphatic rings. The number of carbonyl (C=O) groups is 1. The predicted molar refractivity (Wildman–Crippen MR) is 107 cm³/mol. The van der Waals surface area contributed by atoms with Crippen LogP contribution in [-0.4, -0.2) is 11.6 Å². The summed E-state index contributed by atoms with van der Waals surface area (Å²) in [6, 6.07) is 13.3. The summed E-state index contributed by atoms with van der Waals surface area (Å²) in [4.78, 5) is 13.0. The number of benzene rings is 2. The van der Waals surface area contributed by atoms with Crippen molar-refractivity contribution in [1.82, 2.24) is 5.43 Å². The molecule has 128 valence electrons. The quantitative estimate of drug-likeness (QED) is 0.426. The summed E-state index contributed by atoms with van der Waals surface area (Å²) in [5.74, 6) is -0.308. The fourth-order valence-corrected chi connectivity index (χ4v) is 4.20. The molecule has 25 heavy (non-hydrogen) atoms. The van der Waals surface area contributed by atoms with Gasteiger partial charge in [-0.2, -0.15) is 5.10 Å². The first-order valence-corrected chi connectivity index (χ1v) is 9.38. The van der Waals surface area contributed by atoms with E-state index in [-0.39, 0.29) is 5.91 Å². The van der Waals surface area contributed by atoms with Gasteiger partial charge in [-0.25, -0.2) is 5.43 Å². The molecular weight excluding hydrogens is 375 g/mol. The number of hydrogen-bond donors (Lipinski definition) is 1. The van der Waals surface area contributed by atoms with Crippen molar-refractivity contribution < 1.29 is 4.79 Å². The second kappa shape index (κ2) is 7.56. The second-order valence-corrected chi connectivity index (χ2v) is 7.47. The highest BCUT2D eigenvalue weighted by Gasteiger charge is 2.17. The van der Waals surface area contributed by atoms with Gasteiger partial charge in [0.05, 0.1) is 10.7 Å². The third-order valence-electron chi connectivity index (χ3n) is 3.78. The number of hydrogen-bond acceptors (Lipinski definition) is 3. The standard InChI is InChI=1S/C19H16Cl2N2OS/c1-3-15(12-5-4-6-13(20)10-12)22-23-19(24)18-17(21)14-8-7-11(2)9-16(14)25-18/h4-10H,3H2,1-2H3,(H,23,24). The average molecular weight is 391 g/mol. The lowest BCUT2D eigenvalue weighted by atomic mass is 10.1. The molecule has 3 nitrogen and oxygen atoms in total. The van der Waals surface area contributed by atoms with Gasteiger partial charge in [-0.15, -0.1) is 11.3 Å². The molecule has 0 saturated carbocycles. The number of fused-ring (bicyclic) bond motifs is 1. The number of hydrazone groups is 1. The topological polar surface area (TPSA) is 41.5 Å². The van der Waals surface area contributed by atoms with Crippen LogP contribution < -0.4 is 5.43 Å². The van der Waals surface area contributed by atoms with Crippen LogP contribution in [0.1, 0.15) is 34.1 Å². The molecule has 0 fully saturated rings. The van der Waals surface area contributed by atoms with Gasteiger partial charge in [-0.1, -0.05) is 54.4 Å². The second-order valence-electron chi connectivity index (χ2n) is 5.61. The van der Waals surface area contributed by atoms with Crippen molar-refractivity contribution >= 4 is 56.2 Å². The van der Waals surface area contributed by atoms with E-state index in [0.29, 0.717) is 21.3 Å². The maximum Gasteiger partial charge on any atom is 0.283 e. The first-order chi connectivity index (χ1) is 12.0. The highest BCUT2D eigenvalue weighted by Crippen LogP contribution is 2.35. The van der Waals surface area contributed by atoms with Gasteiger partial charge in [0.15, 0.2) is 0 Å². The van der Waals surface area contributed by atoms with Gasteiger partial charge in [-0.3, -0.25) is 4.79 Å². The number of aryl methyl sites for hydroxylation is 1. The summed E-state index contributed by atoms with van der Waals surface area (Å²) in [5.41, 5.74) is 5.38. The Kier molecular flexibility index (Phi) is 5.42. The van der Waals surface area contributed by atoms with Gasteiger partial charge in [0.1, 0.15) is 4.88 Å². The van der Waals surface area contributed by atoms with Gasteiger partial charge in [0.25, 0.3) is 5.91 Å². The van der Waals surface area contributed by atoms with E-state index < -0.39 is 0 Å². The summed E-state index contributed by atoms with van der Waals surface area (Å²) < 4.78 is 0.990. The summed E-state index contributed by atoms with van der Waals surface area (Å²) in [7, 11) is 0. The van der Waals surface area contributed by atoms with Gasteiger partial charge in [0, 0.05) is 15.1 Å². The predicted octanol–water partition coefficient (Wildman–Crippen LogP) is 6.06. The molecule has 0 atom stereocenters. The lowest BCUT2D eigenvalue weighted by Crippen LogP contribution is -2.19. The van der Waals surface area contributed by atoms with Crippen molar-refractivity contribution in [3.8, 4) is 0 Å². The Labute approximate surface area is 160 Å². The van der Waals surface area contributed by atoms with Crippen molar-refractivity contribution in [1.29, 1.82) is 0 Å². The van der Waals surface area contributed by atoms with E-state index in [2.05, 4.69) is 10.5 Å². The number of nitrogens with zero attached hydrogens (tertiary/aromatic N) is 1. The molecule has 0 saturated heterocycles. The highest BCUT2D eigenvalue weighted by atomic mass is 35.5. The zero-order valence-electron chi connectivity index (χ0n) is 13.8. The van der Waals surface area contributed by atoms with E-state index in [1.807, 2.05) is 50.2 Å². The number of nitrogens with one attached hydrogen (secondary N) is 1. The SMILES string of the molecule is CCC(=NNC(=O)c1sc2cc(C)ccc2c1Cl)c1cccc(Cl)c1. The van der Waals surface area contributed by atoms with Crippen molar-refractivity contribution in [3.05, 3.63) is 68.5 Å². The van der Waals surface area contributed by atoms with E-state index in [9.17, 15) is 4.79 Å². The van der Waals surface area contributed by atoms with Gasteiger partial charge < -0.3 is 0 Å². The molecular formula is C19H16Cl2N2OS. The molecule has 0 unspecified atom stereocenters. The minimum atomic E-state index is -0.308. The number of carbonyl (C=O) groups excluding carboxylic acids is 1. The first-order valence-electron chi connectivity index (χ1n) is 7.81. The molecule has 2 aromatic carbocycles. The monoisotopic (exact) mass is 390 g/mol. The Morgan fingerprint density at radius 2 is 2.00 bits per heavy atom. The van der Waals surface area contributed by atoms with E-state index in [1.165, 1.54) is 11.3 Å². The van der Waals surface area contributed by atoms with Crippen molar-refractivity contribution in [3.63, 3.8) is 0 Å². The number of halogens is 2. The summed E-state index contributed by atoms with van der Waals surface area (Å²) in [6.07, 6.45) is 0.667. The molecule has 1 N–H and O–H groups in total. The number of amides is 1. The van der Waals surface area contributed by atoms with Crippen LogP contribution in [0.3, 0.4) is 0 Å². The van der Waals surface area contributed by atoms with Gasteiger partial charge in [0.2, 0.25) is 0 Å². The molecule has 1 aromatic heterocycles. The van der Waals surface area contributed by atoms with Crippen molar-refractivity contribution in [2.75, 3.05) is 0 Å².